The summed E-state index contributed by atoms with van der Waals surface area (Å²) in [5, 5.41) is 3.45. The number of hydrogen-bond donors (Lipinski definition) is 2. The summed E-state index contributed by atoms with van der Waals surface area (Å²) in [6.45, 7) is 3.49. The lowest BCUT2D eigenvalue weighted by Crippen LogP contribution is -2.16. The van der Waals surface area contributed by atoms with Crippen LogP contribution in [-0.4, -0.2) is 34.2 Å². The molecule has 0 spiro atoms. The summed E-state index contributed by atoms with van der Waals surface area (Å²) >= 11 is 1.30. The Kier molecular flexibility index (Phi) is 5.26. The summed E-state index contributed by atoms with van der Waals surface area (Å²) in [5.41, 5.74) is 3.61. The van der Waals surface area contributed by atoms with Crippen LogP contribution in [0.2, 0.25) is 0 Å². The maximum atomic E-state index is 12.5. The molecule has 1 aliphatic heterocycles. The van der Waals surface area contributed by atoms with E-state index in [0.717, 1.165) is 17.0 Å². The van der Waals surface area contributed by atoms with Gasteiger partial charge in [0.25, 0.3) is 0 Å². The highest BCUT2D eigenvalue weighted by molar-refractivity contribution is 7.99. The highest BCUT2D eigenvalue weighted by atomic mass is 32.2. The van der Waals surface area contributed by atoms with Crippen molar-refractivity contribution in [3.8, 4) is 22.8 Å². The predicted octanol–water partition coefficient (Wildman–Crippen LogP) is 4.05. The summed E-state index contributed by atoms with van der Waals surface area (Å²) < 4.78 is 10.6. The van der Waals surface area contributed by atoms with Crippen LogP contribution < -0.4 is 14.8 Å². The molecule has 3 aromatic rings. The number of H-pyrrole nitrogens is 1. The molecule has 0 aliphatic carbocycles. The summed E-state index contributed by atoms with van der Waals surface area (Å²) in [6, 6.07) is 13.1. The van der Waals surface area contributed by atoms with E-state index in [2.05, 4.69) is 15.3 Å². The molecule has 0 atom stereocenters. The summed E-state index contributed by atoms with van der Waals surface area (Å²) in [5.74, 6) is 0.744. The number of nitrogens with one attached hydrogen (secondary N) is 2. The van der Waals surface area contributed by atoms with Crippen LogP contribution in [0.5, 0.6) is 11.5 Å². The fourth-order valence-corrected chi connectivity index (χ4v) is 3.76. The lowest BCUT2D eigenvalue weighted by molar-refractivity contribution is -0.113. The van der Waals surface area contributed by atoms with E-state index in [0.29, 0.717) is 27.9 Å². The fraction of sp³-hybridized carbons (Fsp3) is 0.190. The number of ether oxygens (including phenoxy) is 2. The van der Waals surface area contributed by atoms with Crippen LogP contribution in [0.3, 0.4) is 0 Å². The number of aromatic nitrogens is 2. The number of fused-ring (bicyclic) bond motifs is 1. The molecule has 4 rings (SSSR count). The fourth-order valence-electron chi connectivity index (χ4n) is 3.04. The molecule has 0 bridgehead atoms. The third-order valence-corrected chi connectivity index (χ3v) is 5.29. The van der Waals surface area contributed by atoms with Gasteiger partial charge in [-0.05, 0) is 19.9 Å². The number of aromatic amines is 1. The third kappa shape index (κ3) is 4.12. The van der Waals surface area contributed by atoms with Crippen LogP contribution in [0, 0.1) is 6.92 Å². The lowest BCUT2D eigenvalue weighted by Gasteiger charge is -2.10. The van der Waals surface area contributed by atoms with Crippen molar-refractivity contribution in [2.24, 2.45) is 0 Å². The van der Waals surface area contributed by atoms with Crippen molar-refractivity contribution in [2.75, 3.05) is 17.9 Å². The van der Waals surface area contributed by atoms with Crippen LogP contribution >= 0.6 is 11.8 Å². The van der Waals surface area contributed by atoms with Crippen molar-refractivity contribution in [2.45, 2.75) is 19.0 Å². The molecule has 0 radical (unpaired) electrons. The van der Waals surface area contributed by atoms with Gasteiger partial charge in [-0.15, -0.1) is 0 Å². The molecule has 2 aromatic carbocycles. The standard InChI is InChI=1S/C21H19N3O4S/c1-12-20(14-6-4-3-5-7-14)24-21(22-12)29-10-19(26)23-16-9-18-17(27-11-28-18)8-15(16)13(2)25/h3-9H,10-11H2,1-2H3,(H,22,24)(H,23,26). The van der Waals surface area contributed by atoms with Gasteiger partial charge in [0.1, 0.15) is 0 Å². The highest BCUT2D eigenvalue weighted by Crippen LogP contribution is 2.37. The molecule has 1 amide bonds. The SMILES string of the molecule is CC(=O)c1cc2c(cc1NC(=O)CSc1nc(-c3ccccc3)c(C)[nH]1)OCO2. The Hall–Kier alpha value is -3.26. The van der Waals surface area contributed by atoms with Crippen molar-refractivity contribution in [1.82, 2.24) is 9.97 Å². The minimum Gasteiger partial charge on any atom is -0.454 e. The Morgan fingerprint density at radius 2 is 1.90 bits per heavy atom. The maximum absolute atomic E-state index is 12.5. The molecule has 1 aliphatic rings. The van der Waals surface area contributed by atoms with Gasteiger partial charge in [-0.2, -0.15) is 0 Å². The number of nitrogens with zero attached hydrogens (tertiary/aromatic N) is 1. The molecule has 0 unspecified atom stereocenters. The molecule has 7 nitrogen and oxygen atoms in total. The molecule has 2 N–H and O–H groups in total. The van der Waals surface area contributed by atoms with Gasteiger partial charge in [0, 0.05) is 22.9 Å². The van der Waals surface area contributed by atoms with E-state index in [1.807, 2.05) is 37.3 Å². The summed E-state index contributed by atoms with van der Waals surface area (Å²) in [4.78, 5) is 32.2. The quantitative estimate of drug-likeness (QED) is 0.471. The van der Waals surface area contributed by atoms with Gasteiger partial charge >= 0.3 is 0 Å². The number of imidazole rings is 1. The zero-order valence-corrected chi connectivity index (χ0v) is 16.8. The number of Topliss-reactive ketones (excluding diaryl/α,β-unsaturated/α-hetero) is 1. The Labute approximate surface area is 171 Å². The highest BCUT2D eigenvalue weighted by Gasteiger charge is 2.20. The Bertz CT molecular complexity index is 1080. The van der Waals surface area contributed by atoms with Gasteiger partial charge in [0.15, 0.2) is 22.4 Å². The maximum Gasteiger partial charge on any atom is 0.234 e. The number of benzene rings is 2. The Morgan fingerprint density at radius 1 is 1.17 bits per heavy atom. The second kappa shape index (κ2) is 8.00. The van der Waals surface area contributed by atoms with Crippen molar-refractivity contribution in [1.29, 1.82) is 0 Å². The van der Waals surface area contributed by atoms with E-state index in [1.165, 1.54) is 18.7 Å². The topological polar surface area (TPSA) is 93.3 Å². The first-order valence-corrected chi connectivity index (χ1v) is 9.99. The molecule has 8 heteroatoms. The van der Waals surface area contributed by atoms with Crippen LogP contribution in [0.1, 0.15) is 23.0 Å². The molecule has 0 saturated carbocycles. The first-order chi connectivity index (χ1) is 14.0. The van der Waals surface area contributed by atoms with Gasteiger partial charge in [0.05, 0.1) is 17.1 Å². The van der Waals surface area contributed by atoms with E-state index in [-0.39, 0.29) is 24.2 Å². The predicted molar refractivity (Wildman–Crippen MR) is 111 cm³/mol. The van der Waals surface area contributed by atoms with Crippen molar-refractivity contribution in [3.05, 3.63) is 53.7 Å². The molecule has 0 saturated heterocycles. The number of hydrogen-bond acceptors (Lipinski definition) is 6. The van der Waals surface area contributed by atoms with E-state index in [4.69, 9.17) is 9.47 Å². The normalized spacial score (nSPS) is 12.1. The van der Waals surface area contributed by atoms with Crippen molar-refractivity contribution >= 4 is 29.1 Å². The molecular weight excluding hydrogens is 390 g/mol. The number of rotatable bonds is 6. The van der Waals surface area contributed by atoms with E-state index >= 15 is 0 Å². The number of anilines is 1. The average molecular weight is 409 g/mol. The van der Waals surface area contributed by atoms with Gasteiger partial charge in [0.2, 0.25) is 12.7 Å². The number of thioether (sulfide) groups is 1. The zero-order valence-electron chi connectivity index (χ0n) is 15.9. The first-order valence-electron chi connectivity index (χ1n) is 9.00. The van der Waals surface area contributed by atoms with Gasteiger partial charge < -0.3 is 19.8 Å². The Balaban J connectivity index is 1.44. The molecule has 1 aromatic heterocycles. The minimum atomic E-state index is -0.244. The van der Waals surface area contributed by atoms with E-state index < -0.39 is 0 Å². The van der Waals surface area contributed by atoms with Crippen LogP contribution in [0.15, 0.2) is 47.6 Å². The second-order valence-electron chi connectivity index (χ2n) is 6.53. The lowest BCUT2D eigenvalue weighted by atomic mass is 10.1. The van der Waals surface area contributed by atoms with Gasteiger partial charge in [-0.1, -0.05) is 42.1 Å². The smallest absolute Gasteiger partial charge is 0.234 e. The first kappa shape index (κ1) is 19.1. The summed E-state index contributed by atoms with van der Waals surface area (Å²) in [7, 11) is 0. The molecule has 0 fully saturated rings. The number of carbonyl (C=O) groups is 2. The molecular formula is C21H19N3O4S. The zero-order chi connectivity index (χ0) is 20.4. The largest absolute Gasteiger partial charge is 0.454 e. The summed E-state index contributed by atoms with van der Waals surface area (Å²) in [6.07, 6.45) is 0. The number of ketones is 1. The van der Waals surface area contributed by atoms with Gasteiger partial charge in [-0.3, -0.25) is 9.59 Å². The molecule has 29 heavy (non-hydrogen) atoms. The molecule has 2 heterocycles. The van der Waals surface area contributed by atoms with E-state index in [9.17, 15) is 9.59 Å². The number of amides is 1. The van der Waals surface area contributed by atoms with Crippen LogP contribution in [0.4, 0.5) is 5.69 Å². The van der Waals surface area contributed by atoms with E-state index in [1.54, 1.807) is 12.1 Å². The monoisotopic (exact) mass is 409 g/mol. The Morgan fingerprint density at radius 3 is 2.62 bits per heavy atom. The third-order valence-electron chi connectivity index (χ3n) is 4.42. The van der Waals surface area contributed by atoms with Crippen molar-refractivity contribution < 1.29 is 19.1 Å². The van der Waals surface area contributed by atoms with Crippen LogP contribution in [0.25, 0.3) is 11.3 Å². The van der Waals surface area contributed by atoms with Crippen LogP contribution in [-0.2, 0) is 4.79 Å². The average Bonchev–Trinajstić information content (AvgIpc) is 3.32. The number of carbonyl (C=O) groups excluding carboxylic acids is 2. The number of aryl methyl sites for hydroxylation is 1. The van der Waals surface area contributed by atoms with Gasteiger partial charge in [-0.25, -0.2) is 4.98 Å². The van der Waals surface area contributed by atoms with Crippen molar-refractivity contribution in [3.63, 3.8) is 0 Å². The second-order valence-corrected chi connectivity index (χ2v) is 7.49. The minimum absolute atomic E-state index is 0.0987. The molecule has 148 valence electrons.